The highest BCUT2D eigenvalue weighted by atomic mass is 19.3. The Morgan fingerprint density at radius 3 is 2.43 bits per heavy atom. The van der Waals surface area contributed by atoms with Crippen molar-refractivity contribution >= 4 is 17.3 Å². The molecule has 1 fully saturated rings. The number of hydrogen-bond acceptors (Lipinski definition) is 5. The second kappa shape index (κ2) is 9.36. The predicted octanol–water partition coefficient (Wildman–Crippen LogP) is 3.06. The van der Waals surface area contributed by atoms with E-state index in [9.17, 15) is 13.6 Å². The fourth-order valence-electron chi connectivity index (χ4n) is 3.09. The SMILES string of the molecule is COc1cccc(N2CCN(CC(=O)Nc3ccc(OC(F)F)cc3)CC2)c1. The normalized spacial score (nSPS) is 14.8. The van der Waals surface area contributed by atoms with Crippen molar-refractivity contribution in [3.63, 3.8) is 0 Å². The Bertz CT molecular complexity index is 779. The average Bonchev–Trinajstić information content (AvgIpc) is 2.69. The van der Waals surface area contributed by atoms with Crippen molar-refractivity contribution in [3.8, 4) is 11.5 Å². The lowest BCUT2D eigenvalue weighted by Crippen LogP contribution is -2.48. The summed E-state index contributed by atoms with van der Waals surface area (Å²) in [6.07, 6.45) is 0. The number of methoxy groups -OCH3 is 1. The minimum atomic E-state index is -2.86. The summed E-state index contributed by atoms with van der Waals surface area (Å²) >= 11 is 0. The van der Waals surface area contributed by atoms with E-state index in [1.54, 1.807) is 7.11 Å². The highest BCUT2D eigenvalue weighted by molar-refractivity contribution is 5.92. The monoisotopic (exact) mass is 391 g/mol. The Balaban J connectivity index is 1.45. The van der Waals surface area contributed by atoms with Crippen LogP contribution in [-0.2, 0) is 4.79 Å². The fraction of sp³-hybridized carbons (Fsp3) is 0.350. The van der Waals surface area contributed by atoms with E-state index in [4.69, 9.17) is 4.74 Å². The molecule has 0 bridgehead atoms. The summed E-state index contributed by atoms with van der Waals surface area (Å²) < 4.78 is 33.9. The van der Waals surface area contributed by atoms with Gasteiger partial charge in [0.15, 0.2) is 0 Å². The maximum Gasteiger partial charge on any atom is 0.387 e. The van der Waals surface area contributed by atoms with Gasteiger partial charge in [-0.05, 0) is 36.4 Å². The van der Waals surface area contributed by atoms with Crippen LogP contribution in [0.1, 0.15) is 0 Å². The molecule has 0 unspecified atom stereocenters. The summed E-state index contributed by atoms with van der Waals surface area (Å²) in [7, 11) is 1.65. The second-order valence-corrected chi connectivity index (χ2v) is 6.42. The highest BCUT2D eigenvalue weighted by Gasteiger charge is 2.19. The third-order valence-electron chi connectivity index (χ3n) is 4.52. The number of ether oxygens (including phenoxy) is 2. The molecular weight excluding hydrogens is 368 g/mol. The van der Waals surface area contributed by atoms with Crippen molar-refractivity contribution in [1.82, 2.24) is 4.90 Å². The van der Waals surface area contributed by atoms with Gasteiger partial charge in [0.05, 0.1) is 13.7 Å². The molecule has 28 heavy (non-hydrogen) atoms. The van der Waals surface area contributed by atoms with Crippen LogP contribution in [0.15, 0.2) is 48.5 Å². The van der Waals surface area contributed by atoms with Crippen LogP contribution >= 0.6 is 0 Å². The van der Waals surface area contributed by atoms with Crippen molar-refractivity contribution in [2.24, 2.45) is 0 Å². The Hall–Kier alpha value is -2.87. The lowest BCUT2D eigenvalue weighted by atomic mass is 10.2. The van der Waals surface area contributed by atoms with Crippen LogP contribution in [0.3, 0.4) is 0 Å². The zero-order valence-corrected chi connectivity index (χ0v) is 15.6. The quantitative estimate of drug-likeness (QED) is 0.786. The van der Waals surface area contributed by atoms with Crippen LogP contribution in [-0.4, -0.2) is 57.3 Å². The number of anilines is 2. The number of carbonyl (C=O) groups excluding carboxylic acids is 1. The average molecular weight is 391 g/mol. The molecule has 1 saturated heterocycles. The molecule has 150 valence electrons. The number of halogens is 2. The molecule has 3 rings (SSSR count). The van der Waals surface area contributed by atoms with Gasteiger partial charge >= 0.3 is 6.61 Å². The summed E-state index contributed by atoms with van der Waals surface area (Å²) in [5, 5.41) is 2.77. The van der Waals surface area contributed by atoms with Crippen molar-refractivity contribution in [3.05, 3.63) is 48.5 Å². The summed E-state index contributed by atoms with van der Waals surface area (Å²) in [5.74, 6) is 0.739. The molecule has 8 heteroatoms. The molecular formula is C20H23F2N3O3. The first-order valence-electron chi connectivity index (χ1n) is 8.99. The van der Waals surface area contributed by atoms with Crippen molar-refractivity contribution in [1.29, 1.82) is 0 Å². The van der Waals surface area contributed by atoms with Crippen molar-refractivity contribution < 1.29 is 23.0 Å². The van der Waals surface area contributed by atoms with Crippen LogP contribution < -0.4 is 19.7 Å². The summed E-state index contributed by atoms with van der Waals surface area (Å²) in [6, 6.07) is 13.8. The lowest BCUT2D eigenvalue weighted by molar-refractivity contribution is -0.117. The van der Waals surface area contributed by atoms with E-state index in [-0.39, 0.29) is 18.2 Å². The van der Waals surface area contributed by atoms with Gasteiger partial charge in [-0.1, -0.05) is 6.07 Å². The number of carbonyl (C=O) groups is 1. The molecule has 1 N–H and O–H groups in total. The summed E-state index contributed by atoms with van der Waals surface area (Å²) in [4.78, 5) is 16.6. The second-order valence-electron chi connectivity index (χ2n) is 6.42. The first kappa shape index (κ1) is 19.9. The Morgan fingerprint density at radius 2 is 1.79 bits per heavy atom. The molecule has 1 aliphatic rings. The molecule has 2 aromatic rings. The molecule has 6 nitrogen and oxygen atoms in total. The number of nitrogens with zero attached hydrogens (tertiary/aromatic N) is 2. The number of piperazine rings is 1. The first-order valence-corrected chi connectivity index (χ1v) is 8.99. The van der Waals surface area contributed by atoms with Gasteiger partial charge in [0.25, 0.3) is 0 Å². The van der Waals surface area contributed by atoms with E-state index in [1.165, 1.54) is 24.3 Å². The van der Waals surface area contributed by atoms with Gasteiger partial charge in [-0.15, -0.1) is 0 Å². The Kier molecular flexibility index (Phi) is 6.65. The van der Waals surface area contributed by atoms with Crippen molar-refractivity contribution in [2.75, 3.05) is 50.1 Å². The summed E-state index contributed by atoms with van der Waals surface area (Å²) in [5.41, 5.74) is 1.65. The molecule has 2 aromatic carbocycles. The molecule has 0 saturated carbocycles. The smallest absolute Gasteiger partial charge is 0.387 e. The van der Waals surface area contributed by atoms with Gasteiger partial charge in [0, 0.05) is 43.6 Å². The van der Waals surface area contributed by atoms with Gasteiger partial charge in [-0.2, -0.15) is 8.78 Å². The molecule has 0 atom stereocenters. The maximum absolute atomic E-state index is 12.2. The molecule has 0 spiro atoms. The maximum atomic E-state index is 12.2. The van der Waals surface area contributed by atoms with Crippen molar-refractivity contribution in [2.45, 2.75) is 6.61 Å². The van der Waals surface area contributed by atoms with Gasteiger partial charge < -0.3 is 19.7 Å². The highest BCUT2D eigenvalue weighted by Crippen LogP contribution is 2.22. The van der Waals surface area contributed by atoms with E-state index in [1.807, 2.05) is 24.3 Å². The van der Waals surface area contributed by atoms with E-state index >= 15 is 0 Å². The molecule has 0 aliphatic carbocycles. The van der Waals surface area contributed by atoms with Crippen LogP contribution in [0.4, 0.5) is 20.2 Å². The number of hydrogen-bond donors (Lipinski definition) is 1. The Labute approximate surface area is 162 Å². The minimum Gasteiger partial charge on any atom is -0.497 e. The number of amides is 1. The van der Waals surface area contributed by atoms with Gasteiger partial charge in [-0.3, -0.25) is 9.69 Å². The van der Waals surface area contributed by atoms with Crippen LogP contribution in [0.25, 0.3) is 0 Å². The molecule has 1 amide bonds. The van der Waals surface area contributed by atoms with Gasteiger partial charge in [-0.25, -0.2) is 0 Å². The lowest BCUT2D eigenvalue weighted by Gasteiger charge is -2.35. The number of nitrogens with one attached hydrogen (secondary N) is 1. The fourth-order valence-corrected chi connectivity index (χ4v) is 3.09. The zero-order chi connectivity index (χ0) is 19.9. The minimum absolute atomic E-state index is 0.0571. The van der Waals surface area contributed by atoms with E-state index in [0.717, 1.165) is 37.6 Å². The van der Waals surface area contributed by atoms with Crippen LogP contribution in [0.5, 0.6) is 11.5 Å². The third kappa shape index (κ3) is 5.56. The third-order valence-corrected chi connectivity index (χ3v) is 4.52. The molecule has 1 heterocycles. The number of alkyl halides is 2. The van der Waals surface area contributed by atoms with E-state index < -0.39 is 6.61 Å². The molecule has 0 aromatic heterocycles. The van der Waals surface area contributed by atoms with Gasteiger partial charge in [0.2, 0.25) is 5.91 Å². The van der Waals surface area contributed by atoms with Crippen LogP contribution in [0.2, 0.25) is 0 Å². The van der Waals surface area contributed by atoms with Crippen LogP contribution in [0, 0.1) is 0 Å². The standard InChI is InChI=1S/C20H23F2N3O3/c1-27-18-4-2-3-16(13-18)25-11-9-24(10-12-25)14-19(26)23-15-5-7-17(8-6-15)28-20(21)22/h2-8,13,20H,9-12,14H2,1H3,(H,23,26). The van der Waals surface area contributed by atoms with E-state index in [2.05, 4.69) is 19.9 Å². The summed E-state index contributed by atoms with van der Waals surface area (Å²) in [6.45, 7) is 0.593. The zero-order valence-electron chi connectivity index (χ0n) is 15.6. The van der Waals surface area contributed by atoms with Gasteiger partial charge in [0.1, 0.15) is 11.5 Å². The molecule has 1 aliphatic heterocycles. The first-order chi connectivity index (χ1) is 13.5. The largest absolute Gasteiger partial charge is 0.497 e. The molecule has 0 radical (unpaired) electrons. The topological polar surface area (TPSA) is 54.0 Å². The number of rotatable bonds is 7. The predicted molar refractivity (Wildman–Crippen MR) is 103 cm³/mol. The Morgan fingerprint density at radius 1 is 1.07 bits per heavy atom. The number of benzene rings is 2. The van der Waals surface area contributed by atoms with E-state index in [0.29, 0.717) is 5.69 Å².